The lowest BCUT2D eigenvalue weighted by Crippen LogP contribution is -2.66. The third-order valence-electron chi connectivity index (χ3n) is 7.75. The minimum atomic E-state index is -1.67. The Labute approximate surface area is 288 Å². The van der Waals surface area contributed by atoms with Crippen molar-refractivity contribution in [3.05, 3.63) is 94.9 Å². The van der Waals surface area contributed by atoms with E-state index in [1.807, 2.05) is 36.4 Å². The fraction of sp³-hybridized carbons (Fsp3) is 0.500. The Morgan fingerprint density at radius 3 is 2.04 bits per heavy atom. The molecule has 4 unspecified atom stereocenters. The molecule has 2 fully saturated rings. The summed E-state index contributed by atoms with van der Waals surface area (Å²) in [5.74, 6) is -2.37. The molecule has 2 aliphatic heterocycles. The van der Waals surface area contributed by atoms with Crippen LogP contribution in [-0.4, -0.2) is 105 Å². The highest BCUT2D eigenvalue weighted by Gasteiger charge is 2.55. The molecular formula is C34H41N3O13. The first-order valence-corrected chi connectivity index (χ1v) is 15.8. The van der Waals surface area contributed by atoms with Gasteiger partial charge in [-0.1, -0.05) is 71.9 Å². The van der Waals surface area contributed by atoms with Crippen molar-refractivity contribution in [2.45, 2.75) is 88.4 Å². The summed E-state index contributed by atoms with van der Waals surface area (Å²) in [6.45, 7) is 5.56. The van der Waals surface area contributed by atoms with Crippen LogP contribution >= 0.6 is 0 Å². The molecule has 16 nitrogen and oxygen atoms in total. The van der Waals surface area contributed by atoms with E-state index in [-0.39, 0.29) is 26.4 Å². The number of hydrogen-bond acceptors (Lipinski definition) is 14. The lowest BCUT2D eigenvalue weighted by Gasteiger charge is -2.48. The van der Waals surface area contributed by atoms with E-state index in [0.717, 1.165) is 25.2 Å². The molecule has 2 aliphatic rings. The highest BCUT2D eigenvalue weighted by atomic mass is 16.8. The molecule has 0 amide bonds. The van der Waals surface area contributed by atoms with Crippen LogP contribution in [0.3, 0.4) is 0 Å². The summed E-state index contributed by atoms with van der Waals surface area (Å²) in [5.41, 5.74) is 11.1. The van der Waals surface area contributed by atoms with Crippen LogP contribution in [0.15, 0.2) is 78.4 Å². The van der Waals surface area contributed by atoms with Gasteiger partial charge in [0.2, 0.25) is 0 Å². The second-order valence-electron chi connectivity index (χ2n) is 11.3. The lowest BCUT2D eigenvalue weighted by atomic mass is 9.95. The normalized spacial score (nSPS) is 29.2. The number of benzene rings is 2. The van der Waals surface area contributed by atoms with Crippen molar-refractivity contribution in [2.75, 3.05) is 20.3 Å². The first kappa shape index (κ1) is 38.4. The molecule has 0 saturated carbocycles. The van der Waals surface area contributed by atoms with Gasteiger partial charge in [0.15, 0.2) is 24.8 Å². The summed E-state index contributed by atoms with van der Waals surface area (Å²) in [7, 11) is 1.11. The summed E-state index contributed by atoms with van der Waals surface area (Å²) >= 11 is 0. The topological polar surface area (TPSA) is 203 Å². The quantitative estimate of drug-likeness (QED) is 0.0670. The zero-order valence-corrected chi connectivity index (χ0v) is 27.8. The number of esters is 3. The van der Waals surface area contributed by atoms with E-state index >= 15 is 0 Å². The zero-order valence-electron chi connectivity index (χ0n) is 27.8. The molecule has 16 heteroatoms. The number of aliphatic hydroxyl groups is 1. The minimum Gasteiger partial charge on any atom is -0.467 e. The molecule has 0 bridgehead atoms. The summed E-state index contributed by atoms with van der Waals surface area (Å²) < 4.78 is 52.6. The molecule has 2 saturated heterocycles. The summed E-state index contributed by atoms with van der Waals surface area (Å²) in [6, 6.07) is 16.9. The van der Waals surface area contributed by atoms with Gasteiger partial charge in [-0.2, -0.15) is 0 Å². The van der Waals surface area contributed by atoms with Crippen LogP contribution in [-0.2, 0) is 70.2 Å². The van der Waals surface area contributed by atoms with Gasteiger partial charge in [0.05, 0.1) is 26.9 Å². The Balaban J connectivity index is 1.76. The smallest absolute Gasteiger partial charge is 0.337 e. The van der Waals surface area contributed by atoms with Crippen LogP contribution in [0, 0.1) is 0 Å². The molecule has 2 aromatic carbocycles. The molecule has 50 heavy (non-hydrogen) atoms. The number of hydrogen-bond donors (Lipinski definition) is 1. The largest absolute Gasteiger partial charge is 0.467 e. The fourth-order valence-corrected chi connectivity index (χ4v) is 5.50. The number of ether oxygens (including phenoxy) is 9. The Morgan fingerprint density at radius 2 is 1.50 bits per heavy atom. The van der Waals surface area contributed by atoms with E-state index in [1.165, 1.54) is 13.0 Å². The highest BCUT2D eigenvalue weighted by Crippen LogP contribution is 2.35. The van der Waals surface area contributed by atoms with Crippen molar-refractivity contribution in [1.29, 1.82) is 0 Å². The predicted octanol–water partition coefficient (Wildman–Crippen LogP) is 2.90. The Morgan fingerprint density at radius 1 is 0.880 bits per heavy atom. The molecule has 10 atom stereocenters. The van der Waals surface area contributed by atoms with Crippen LogP contribution in [0.25, 0.3) is 10.4 Å². The van der Waals surface area contributed by atoms with Gasteiger partial charge in [0.1, 0.15) is 43.2 Å². The van der Waals surface area contributed by atoms with E-state index < -0.39 is 79.3 Å². The van der Waals surface area contributed by atoms with Crippen molar-refractivity contribution in [2.24, 2.45) is 5.11 Å². The second-order valence-corrected chi connectivity index (χ2v) is 11.3. The summed E-state index contributed by atoms with van der Waals surface area (Å²) in [4.78, 5) is 40.3. The first-order chi connectivity index (χ1) is 24.2. The lowest BCUT2D eigenvalue weighted by molar-refractivity contribution is -0.349. The number of methoxy groups -OCH3 is 1. The van der Waals surface area contributed by atoms with Crippen LogP contribution < -0.4 is 0 Å². The van der Waals surface area contributed by atoms with Crippen LogP contribution in [0.1, 0.15) is 25.0 Å². The first-order valence-electron chi connectivity index (χ1n) is 15.8. The fourth-order valence-electron chi connectivity index (χ4n) is 5.50. The third-order valence-corrected chi connectivity index (χ3v) is 7.75. The number of azide groups is 1. The van der Waals surface area contributed by atoms with E-state index in [0.29, 0.717) is 0 Å². The standard InChI is InChI=1S/C34H41N3O13/c1-5-16-43-33-25(36-37-35)28(45-17-22-12-8-6-9-13-22)27(24(48-33)19-44-20(2)38)49-34-31(47-21(3)39)29(26(40)30(50-34)32(41)42-4)46-18-23-14-10-7-11-15-23/h5-15,24-31,33-34,40H,1,16-19H2,2-4H3/t24?,25-,26-,27+,28?,29-,30?,31?,33-,34-/m1/s1. The number of carbonyl (C=O) groups is 3. The molecule has 1 N–H and O–H groups in total. The van der Waals surface area contributed by atoms with Crippen LogP contribution in [0.5, 0.6) is 0 Å². The van der Waals surface area contributed by atoms with E-state index in [4.69, 9.17) is 42.6 Å². The minimum absolute atomic E-state index is 0.00127. The SMILES string of the molecule is C=CCO[C@@H]1OC(COC(C)=O)[C@H](O[C@@H]2OC(C(=O)OC)[C@H](O)[C@@H](OCc3ccccc3)C2OC(C)=O)C(OCc2ccccc2)[C@H]1N=[N+]=[N-]. The van der Waals surface area contributed by atoms with E-state index in [1.54, 1.807) is 24.3 Å². The van der Waals surface area contributed by atoms with Gasteiger partial charge in [-0.05, 0) is 16.7 Å². The summed E-state index contributed by atoms with van der Waals surface area (Å²) in [5, 5.41) is 15.2. The second kappa shape index (κ2) is 19.1. The molecule has 2 aromatic rings. The maximum absolute atomic E-state index is 12.9. The maximum atomic E-state index is 12.9. The van der Waals surface area contributed by atoms with Crippen molar-refractivity contribution in [3.63, 3.8) is 0 Å². The molecular weight excluding hydrogens is 658 g/mol. The molecule has 0 aliphatic carbocycles. The van der Waals surface area contributed by atoms with Gasteiger partial charge in [-0.15, -0.1) is 6.58 Å². The summed E-state index contributed by atoms with van der Waals surface area (Å²) in [6.07, 6.45) is -11.2. The highest BCUT2D eigenvalue weighted by molar-refractivity contribution is 5.75. The maximum Gasteiger partial charge on any atom is 0.337 e. The Hall–Kier alpha value is -4.38. The monoisotopic (exact) mass is 699 g/mol. The molecule has 2 heterocycles. The molecule has 4 rings (SSSR count). The van der Waals surface area contributed by atoms with Crippen molar-refractivity contribution >= 4 is 17.9 Å². The van der Waals surface area contributed by atoms with Crippen molar-refractivity contribution in [3.8, 4) is 0 Å². The molecule has 270 valence electrons. The number of aliphatic hydroxyl groups excluding tert-OH is 1. The Bertz CT molecular complexity index is 1460. The molecule has 0 radical (unpaired) electrons. The van der Waals surface area contributed by atoms with E-state index in [9.17, 15) is 25.0 Å². The average molecular weight is 700 g/mol. The van der Waals surface area contributed by atoms with Gasteiger partial charge < -0.3 is 47.7 Å². The third kappa shape index (κ3) is 10.3. The average Bonchev–Trinajstić information content (AvgIpc) is 3.11. The van der Waals surface area contributed by atoms with Gasteiger partial charge in [0.25, 0.3) is 0 Å². The van der Waals surface area contributed by atoms with Crippen molar-refractivity contribution < 1.29 is 62.1 Å². The predicted molar refractivity (Wildman–Crippen MR) is 172 cm³/mol. The van der Waals surface area contributed by atoms with Gasteiger partial charge in [-0.3, -0.25) is 9.59 Å². The number of carbonyl (C=O) groups excluding carboxylic acids is 3. The van der Waals surface area contributed by atoms with E-state index in [2.05, 4.69) is 16.6 Å². The number of nitrogens with zero attached hydrogens (tertiary/aromatic N) is 3. The van der Waals surface area contributed by atoms with Crippen LogP contribution in [0.2, 0.25) is 0 Å². The molecule has 0 aromatic heterocycles. The van der Waals surface area contributed by atoms with Gasteiger partial charge >= 0.3 is 17.9 Å². The number of rotatable bonds is 16. The molecule has 0 spiro atoms. The Kier molecular flexibility index (Phi) is 14.7. The van der Waals surface area contributed by atoms with Crippen LogP contribution in [0.4, 0.5) is 0 Å². The van der Waals surface area contributed by atoms with Gasteiger partial charge in [0, 0.05) is 18.8 Å². The van der Waals surface area contributed by atoms with Crippen molar-refractivity contribution in [1.82, 2.24) is 0 Å². The zero-order chi connectivity index (χ0) is 36.0. The van der Waals surface area contributed by atoms with Gasteiger partial charge in [-0.25, -0.2) is 4.79 Å².